The van der Waals surface area contributed by atoms with Gasteiger partial charge in [0.25, 0.3) is 0 Å². The number of aromatic nitrogens is 3. The van der Waals surface area contributed by atoms with Crippen molar-refractivity contribution >= 4 is 0 Å². The molecule has 1 heterocycles. The van der Waals surface area contributed by atoms with Crippen molar-refractivity contribution in [1.82, 2.24) is 20.5 Å². The number of likely N-dealkylation sites (N-methyl/N-ethyl adjacent to an activating group) is 1. The minimum atomic E-state index is 0.381. The van der Waals surface area contributed by atoms with Crippen molar-refractivity contribution in [1.29, 1.82) is 0 Å². The molecule has 1 N–H and O–H groups in total. The number of hydrogen-bond donors (Lipinski definition) is 1. The summed E-state index contributed by atoms with van der Waals surface area (Å²) in [6.45, 7) is 8.49. The average Bonchev–Trinajstić information content (AvgIpc) is 2.34. The first-order valence-corrected chi connectivity index (χ1v) is 5.87. The van der Waals surface area contributed by atoms with Crippen molar-refractivity contribution in [2.24, 2.45) is 0 Å². The highest BCUT2D eigenvalue weighted by molar-refractivity contribution is 5.11. The standard InChI is InChI=1S/C11H20N4O/c1-4-9-10(5-2)14-15-11(13-9)16-8-7-12-6-3/h12H,4-8H2,1-3H3. The number of aryl methyl sites for hydroxylation is 2. The van der Waals surface area contributed by atoms with Gasteiger partial charge in [-0.25, -0.2) is 0 Å². The first-order valence-electron chi connectivity index (χ1n) is 5.87. The van der Waals surface area contributed by atoms with Crippen LogP contribution >= 0.6 is 0 Å². The molecule has 0 saturated heterocycles. The molecular weight excluding hydrogens is 204 g/mol. The molecule has 0 amide bonds. The van der Waals surface area contributed by atoms with Gasteiger partial charge in [-0.05, 0) is 19.4 Å². The summed E-state index contributed by atoms with van der Waals surface area (Å²) in [7, 11) is 0. The molecule has 0 aliphatic heterocycles. The Morgan fingerprint density at radius 3 is 2.44 bits per heavy atom. The molecule has 0 bridgehead atoms. The van der Waals surface area contributed by atoms with Crippen LogP contribution in [0, 0.1) is 0 Å². The predicted octanol–water partition coefficient (Wildman–Crippen LogP) is 0.985. The second-order valence-electron chi connectivity index (χ2n) is 3.40. The summed E-state index contributed by atoms with van der Waals surface area (Å²) in [5, 5.41) is 11.2. The molecule has 0 fully saturated rings. The van der Waals surface area contributed by atoms with Crippen molar-refractivity contribution in [3.8, 4) is 6.01 Å². The van der Waals surface area contributed by atoms with Gasteiger partial charge in [-0.2, -0.15) is 4.98 Å². The van der Waals surface area contributed by atoms with Crippen LogP contribution in [0.3, 0.4) is 0 Å². The lowest BCUT2D eigenvalue weighted by Gasteiger charge is -2.07. The second kappa shape index (κ2) is 7.11. The van der Waals surface area contributed by atoms with E-state index in [9.17, 15) is 0 Å². The molecule has 0 aliphatic carbocycles. The third-order valence-electron chi connectivity index (χ3n) is 2.25. The largest absolute Gasteiger partial charge is 0.461 e. The third kappa shape index (κ3) is 3.73. The molecule has 5 heteroatoms. The first kappa shape index (κ1) is 12.8. The molecule has 0 saturated carbocycles. The molecule has 0 atom stereocenters. The van der Waals surface area contributed by atoms with Crippen LogP contribution in [-0.4, -0.2) is 34.9 Å². The van der Waals surface area contributed by atoms with Gasteiger partial charge >= 0.3 is 6.01 Å². The van der Waals surface area contributed by atoms with Gasteiger partial charge in [-0.3, -0.25) is 0 Å². The minimum Gasteiger partial charge on any atom is -0.461 e. The number of nitrogens with zero attached hydrogens (tertiary/aromatic N) is 3. The zero-order chi connectivity index (χ0) is 11.8. The van der Waals surface area contributed by atoms with E-state index < -0.39 is 0 Å². The maximum absolute atomic E-state index is 5.40. The van der Waals surface area contributed by atoms with Crippen molar-refractivity contribution in [3.63, 3.8) is 0 Å². The van der Waals surface area contributed by atoms with Gasteiger partial charge in [0.2, 0.25) is 0 Å². The van der Waals surface area contributed by atoms with Crippen LogP contribution in [0.15, 0.2) is 0 Å². The average molecular weight is 224 g/mol. The van der Waals surface area contributed by atoms with Crippen molar-refractivity contribution < 1.29 is 4.74 Å². The fourth-order valence-electron chi connectivity index (χ4n) is 1.37. The van der Waals surface area contributed by atoms with Gasteiger partial charge in [0.1, 0.15) is 6.61 Å². The Morgan fingerprint density at radius 2 is 1.81 bits per heavy atom. The molecule has 1 aromatic heterocycles. The predicted molar refractivity (Wildman–Crippen MR) is 62.6 cm³/mol. The van der Waals surface area contributed by atoms with Gasteiger partial charge in [-0.1, -0.05) is 25.9 Å². The van der Waals surface area contributed by atoms with Crippen LogP contribution in [0.5, 0.6) is 6.01 Å². The molecule has 90 valence electrons. The summed E-state index contributed by atoms with van der Waals surface area (Å²) in [5.41, 5.74) is 1.94. The number of hydrogen-bond acceptors (Lipinski definition) is 5. The molecule has 1 rings (SSSR count). The number of ether oxygens (including phenoxy) is 1. The van der Waals surface area contributed by atoms with Crippen LogP contribution in [0.25, 0.3) is 0 Å². The monoisotopic (exact) mass is 224 g/mol. The van der Waals surface area contributed by atoms with Crippen LogP contribution in [0.1, 0.15) is 32.2 Å². The van der Waals surface area contributed by atoms with E-state index in [2.05, 4.69) is 41.3 Å². The van der Waals surface area contributed by atoms with E-state index in [-0.39, 0.29) is 0 Å². The van der Waals surface area contributed by atoms with Crippen LogP contribution in [-0.2, 0) is 12.8 Å². The van der Waals surface area contributed by atoms with E-state index in [4.69, 9.17) is 4.74 Å². The van der Waals surface area contributed by atoms with Crippen molar-refractivity contribution in [2.75, 3.05) is 19.7 Å². The van der Waals surface area contributed by atoms with E-state index in [1.54, 1.807) is 0 Å². The molecule has 0 radical (unpaired) electrons. The zero-order valence-electron chi connectivity index (χ0n) is 10.3. The molecule has 1 aromatic rings. The lowest BCUT2D eigenvalue weighted by Crippen LogP contribution is -2.21. The Morgan fingerprint density at radius 1 is 1.06 bits per heavy atom. The quantitative estimate of drug-likeness (QED) is 0.700. The fourth-order valence-corrected chi connectivity index (χ4v) is 1.37. The van der Waals surface area contributed by atoms with Gasteiger partial charge in [0.15, 0.2) is 0 Å². The van der Waals surface area contributed by atoms with Gasteiger partial charge < -0.3 is 10.1 Å². The summed E-state index contributed by atoms with van der Waals surface area (Å²) in [5.74, 6) is 0. The van der Waals surface area contributed by atoms with Crippen LogP contribution in [0.2, 0.25) is 0 Å². The maximum atomic E-state index is 5.40. The van der Waals surface area contributed by atoms with E-state index in [0.29, 0.717) is 12.6 Å². The summed E-state index contributed by atoms with van der Waals surface area (Å²) >= 11 is 0. The van der Waals surface area contributed by atoms with Crippen molar-refractivity contribution in [3.05, 3.63) is 11.4 Å². The Hall–Kier alpha value is -1.23. The molecule has 5 nitrogen and oxygen atoms in total. The topological polar surface area (TPSA) is 59.9 Å². The van der Waals surface area contributed by atoms with Crippen LogP contribution < -0.4 is 10.1 Å². The van der Waals surface area contributed by atoms with Crippen molar-refractivity contribution in [2.45, 2.75) is 33.6 Å². The normalized spacial score (nSPS) is 10.4. The zero-order valence-corrected chi connectivity index (χ0v) is 10.3. The summed E-state index contributed by atoms with van der Waals surface area (Å²) in [4.78, 5) is 4.34. The molecule has 16 heavy (non-hydrogen) atoms. The lowest BCUT2D eigenvalue weighted by atomic mass is 10.2. The maximum Gasteiger partial charge on any atom is 0.335 e. The smallest absolute Gasteiger partial charge is 0.335 e. The van der Waals surface area contributed by atoms with E-state index in [0.717, 1.165) is 37.3 Å². The Balaban J connectivity index is 2.54. The Bertz CT molecular complexity index is 317. The second-order valence-corrected chi connectivity index (χ2v) is 3.40. The SMILES string of the molecule is CCNCCOc1nnc(CC)c(CC)n1. The first-order chi connectivity index (χ1) is 7.81. The van der Waals surface area contributed by atoms with Gasteiger partial charge in [-0.15, -0.1) is 5.10 Å². The highest BCUT2D eigenvalue weighted by Gasteiger charge is 2.06. The van der Waals surface area contributed by atoms with Gasteiger partial charge in [0.05, 0.1) is 11.4 Å². The molecule has 0 aliphatic rings. The van der Waals surface area contributed by atoms with Crippen LogP contribution in [0.4, 0.5) is 0 Å². The van der Waals surface area contributed by atoms with E-state index >= 15 is 0 Å². The Kier molecular flexibility index (Phi) is 5.71. The number of rotatable bonds is 7. The fraction of sp³-hybridized carbons (Fsp3) is 0.727. The van der Waals surface area contributed by atoms with E-state index in [1.807, 2.05) is 0 Å². The molecule has 0 unspecified atom stereocenters. The summed E-state index contributed by atoms with van der Waals surface area (Å²) < 4.78 is 5.40. The molecule has 0 aromatic carbocycles. The molecule has 0 spiro atoms. The van der Waals surface area contributed by atoms with Gasteiger partial charge in [0, 0.05) is 6.54 Å². The Labute approximate surface area is 96.6 Å². The van der Waals surface area contributed by atoms with E-state index in [1.165, 1.54) is 0 Å². The highest BCUT2D eigenvalue weighted by Crippen LogP contribution is 2.07. The summed E-state index contributed by atoms with van der Waals surface area (Å²) in [6, 6.07) is 0.381. The minimum absolute atomic E-state index is 0.381. The highest BCUT2D eigenvalue weighted by atomic mass is 16.5. The summed E-state index contributed by atoms with van der Waals surface area (Å²) in [6.07, 6.45) is 1.73. The lowest BCUT2D eigenvalue weighted by molar-refractivity contribution is 0.285. The number of nitrogens with one attached hydrogen (secondary N) is 1. The third-order valence-corrected chi connectivity index (χ3v) is 2.25. The molecular formula is C11H20N4O.